The summed E-state index contributed by atoms with van der Waals surface area (Å²) >= 11 is 0. The van der Waals surface area contributed by atoms with E-state index in [2.05, 4.69) is 312 Å². The largest absolute Gasteiger partial charge is 0.309 e. The van der Waals surface area contributed by atoms with Crippen LogP contribution in [0.15, 0.2) is 303 Å². The Morgan fingerprint density at radius 2 is 0.645 bits per heavy atom. The minimum Gasteiger partial charge on any atom is -0.309 e. The summed E-state index contributed by atoms with van der Waals surface area (Å²) in [6, 6.07) is 114. The van der Waals surface area contributed by atoms with E-state index >= 15 is 0 Å². The van der Waals surface area contributed by atoms with Crippen molar-refractivity contribution in [1.29, 1.82) is 0 Å². The summed E-state index contributed by atoms with van der Waals surface area (Å²) in [6.45, 7) is 0. The number of para-hydroxylation sites is 2. The normalized spacial score (nSPS) is 12.8. The molecule has 1 aliphatic rings. The summed E-state index contributed by atoms with van der Waals surface area (Å²) < 4.78 is 4.97. The monoisotopic (exact) mass is 998 g/mol. The Morgan fingerprint density at radius 3 is 1.22 bits per heavy atom. The van der Waals surface area contributed by atoms with Crippen LogP contribution in [0.2, 0.25) is 0 Å². The van der Waals surface area contributed by atoms with E-state index in [1.54, 1.807) is 0 Å². The molecule has 0 bridgehead atoms. The summed E-state index contributed by atoms with van der Waals surface area (Å²) in [6.07, 6.45) is 0. The zero-order chi connectivity index (χ0) is 50.2. The minimum atomic E-state index is -2.71. The van der Waals surface area contributed by atoms with Crippen molar-refractivity contribution >= 4 is 101 Å². The number of hydrogen-bond acceptors (Lipinski definition) is 0. The van der Waals surface area contributed by atoms with Crippen molar-refractivity contribution in [3.05, 3.63) is 303 Å². The number of rotatable bonds is 9. The number of fused-ring (bicyclic) bond motifs is 9. The Kier molecular flexibility index (Phi) is 10.3. The fourth-order valence-electron chi connectivity index (χ4n) is 13.4. The smallest absolute Gasteiger partial charge is 0.180 e. The van der Waals surface area contributed by atoms with Gasteiger partial charge in [-0.15, -0.1) is 0 Å². The molecule has 0 atom stereocenters. The Balaban J connectivity index is 0.896. The third kappa shape index (κ3) is 6.51. The lowest BCUT2D eigenvalue weighted by Gasteiger charge is -2.34. The summed E-state index contributed by atoms with van der Waals surface area (Å²) in [7, 11) is -5.30. The van der Waals surface area contributed by atoms with Gasteiger partial charge in [0.1, 0.15) is 0 Å². The average Bonchev–Trinajstić information content (AvgIpc) is 4.15. The first kappa shape index (κ1) is 44.2. The Labute approximate surface area is 444 Å². The van der Waals surface area contributed by atoms with E-state index in [9.17, 15) is 0 Å². The molecule has 0 saturated carbocycles. The van der Waals surface area contributed by atoms with Crippen LogP contribution in [-0.4, -0.2) is 25.3 Å². The van der Waals surface area contributed by atoms with Crippen molar-refractivity contribution in [3.8, 4) is 33.6 Å². The molecule has 0 radical (unpaired) electrons. The van der Waals surface area contributed by atoms with Gasteiger partial charge in [0.05, 0.1) is 22.1 Å². The fourth-order valence-corrected chi connectivity index (χ4v) is 23.3. The van der Waals surface area contributed by atoms with Crippen molar-refractivity contribution in [1.82, 2.24) is 9.13 Å². The van der Waals surface area contributed by atoms with Gasteiger partial charge in [-0.05, 0) is 112 Å². The zero-order valence-corrected chi connectivity index (χ0v) is 43.8. The van der Waals surface area contributed by atoms with Crippen LogP contribution in [0.25, 0.3) is 77.2 Å². The Morgan fingerprint density at radius 1 is 0.250 bits per heavy atom. The van der Waals surface area contributed by atoms with Crippen molar-refractivity contribution in [2.75, 3.05) is 0 Å². The highest BCUT2D eigenvalue weighted by molar-refractivity contribution is 7.22. The van der Waals surface area contributed by atoms with E-state index < -0.39 is 16.1 Å². The van der Waals surface area contributed by atoms with Crippen molar-refractivity contribution in [2.24, 2.45) is 0 Å². The second kappa shape index (κ2) is 17.7. The number of aromatic nitrogens is 2. The lowest BCUT2D eigenvalue weighted by atomic mass is 9.98. The van der Waals surface area contributed by atoms with Gasteiger partial charge >= 0.3 is 0 Å². The summed E-state index contributed by atoms with van der Waals surface area (Å²) in [5.41, 5.74) is 12.1. The SMILES string of the molecule is c1ccc([Si](c2ccccc2)(c2ccccc2)c2ccc(-n3c4ccccc4c4ccc(-n5c6ccccc6c6ccc(-c7ccc8c(c7)-c7ccccc7[Si]8(c7ccccc7)c7ccccc7)cc65)cc43)cc2)cc1. The van der Waals surface area contributed by atoms with Gasteiger partial charge in [-0.2, -0.15) is 0 Å². The van der Waals surface area contributed by atoms with Crippen molar-refractivity contribution < 1.29 is 0 Å². The molecule has 2 nitrogen and oxygen atoms in total. The molecule has 1 aliphatic heterocycles. The highest BCUT2D eigenvalue weighted by Crippen LogP contribution is 2.39. The van der Waals surface area contributed by atoms with Gasteiger partial charge in [-0.25, -0.2) is 0 Å². The van der Waals surface area contributed by atoms with Gasteiger partial charge in [0, 0.05) is 32.9 Å². The molecule has 0 fully saturated rings. The van der Waals surface area contributed by atoms with Gasteiger partial charge in [-0.1, -0.05) is 255 Å². The first-order valence-corrected chi connectivity index (χ1v) is 30.4. The van der Waals surface area contributed by atoms with Gasteiger partial charge in [-0.3, -0.25) is 0 Å². The van der Waals surface area contributed by atoms with Gasteiger partial charge in [0.25, 0.3) is 0 Å². The highest BCUT2D eigenvalue weighted by Gasteiger charge is 2.48. The molecule has 0 unspecified atom stereocenters. The molecule has 0 amide bonds. The molecule has 3 heterocycles. The third-order valence-corrected chi connectivity index (χ3v) is 26.2. The van der Waals surface area contributed by atoms with Crippen LogP contribution in [-0.2, 0) is 0 Å². The summed E-state index contributed by atoms with van der Waals surface area (Å²) in [4.78, 5) is 0. The first-order chi connectivity index (χ1) is 37.7. The third-order valence-electron chi connectivity index (χ3n) is 16.6. The van der Waals surface area contributed by atoms with Gasteiger partial charge in [0.2, 0.25) is 0 Å². The van der Waals surface area contributed by atoms with Crippen LogP contribution in [0, 0.1) is 0 Å². The molecule has 0 spiro atoms. The molecule has 15 rings (SSSR count). The first-order valence-electron chi connectivity index (χ1n) is 26.4. The van der Waals surface area contributed by atoms with E-state index in [-0.39, 0.29) is 0 Å². The van der Waals surface area contributed by atoms with Gasteiger partial charge < -0.3 is 9.13 Å². The molecule has 12 aromatic carbocycles. The maximum atomic E-state index is 2.49. The van der Waals surface area contributed by atoms with Crippen molar-refractivity contribution in [2.45, 2.75) is 0 Å². The quantitative estimate of drug-likeness (QED) is 0.101. The second-order valence-electron chi connectivity index (χ2n) is 20.3. The predicted molar refractivity (Wildman–Crippen MR) is 327 cm³/mol. The van der Waals surface area contributed by atoms with Gasteiger partial charge in [0.15, 0.2) is 16.1 Å². The van der Waals surface area contributed by atoms with Crippen LogP contribution in [0.1, 0.15) is 0 Å². The van der Waals surface area contributed by atoms with Crippen LogP contribution < -0.4 is 41.5 Å². The zero-order valence-electron chi connectivity index (χ0n) is 41.8. The summed E-state index contributed by atoms with van der Waals surface area (Å²) in [5, 5.41) is 16.1. The average molecular weight is 999 g/mol. The maximum Gasteiger partial charge on any atom is 0.180 e. The standard InChI is InChI=1S/C72H50N2Si2/c1-6-22-55(23-7-1)75(56-24-8-2-9-25-56,57-26-10-3-11-27-57)60-43-40-53(41-44-60)73-67-35-19-16-33-62(67)64-46-42-54(50-70(64)73)74-68-36-20-17-32-61(68)63-45-38-52(49-69(63)74)51-39-47-72-66(48-51)65-34-18-21-37-71(65)76(72,58-28-12-4-13-29-58)59-30-14-5-15-31-59/h1-50H. The highest BCUT2D eigenvalue weighted by atomic mass is 28.3. The van der Waals surface area contributed by atoms with Crippen LogP contribution in [0.4, 0.5) is 0 Å². The van der Waals surface area contributed by atoms with E-state index in [1.807, 2.05) is 0 Å². The molecule has 0 N–H and O–H groups in total. The van der Waals surface area contributed by atoms with E-state index in [1.165, 1.54) is 107 Å². The molecule has 356 valence electrons. The minimum absolute atomic E-state index is 1.13. The topological polar surface area (TPSA) is 9.86 Å². The van der Waals surface area contributed by atoms with E-state index in [0.29, 0.717) is 0 Å². The maximum absolute atomic E-state index is 2.71. The van der Waals surface area contributed by atoms with Crippen LogP contribution in [0.3, 0.4) is 0 Å². The Bertz CT molecular complexity index is 4350. The molecule has 2 aromatic heterocycles. The molecule has 0 saturated heterocycles. The predicted octanol–water partition coefficient (Wildman–Crippen LogP) is 12.3. The number of benzene rings is 12. The number of hydrogen-bond donors (Lipinski definition) is 0. The van der Waals surface area contributed by atoms with E-state index in [0.717, 1.165) is 11.4 Å². The fraction of sp³-hybridized carbons (Fsp3) is 0. The molecular weight excluding hydrogens is 949 g/mol. The molecule has 0 aliphatic carbocycles. The van der Waals surface area contributed by atoms with E-state index in [4.69, 9.17) is 0 Å². The molecule has 4 heteroatoms. The molecule has 14 aromatic rings. The lowest BCUT2D eigenvalue weighted by Crippen LogP contribution is -2.74. The van der Waals surface area contributed by atoms with Crippen molar-refractivity contribution in [3.63, 3.8) is 0 Å². The second-order valence-corrected chi connectivity index (χ2v) is 27.9. The Hall–Kier alpha value is -9.33. The molecule has 76 heavy (non-hydrogen) atoms. The number of nitrogens with zero attached hydrogens (tertiary/aromatic N) is 2. The van der Waals surface area contributed by atoms with Crippen LogP contribution in [0.5, 0.6) is 0 Å². The molecular formula is C72H50N2Si2. The van der Waals surface area contributed by atoms with Crippen LogP contribution >= 0.6 is 0 Å². The summed E-state index contributed by atoms with van der Waals surface area (Å²) in [5.74, 6) is 0. The lowest BCUT2D eigenvalue weighted by molar-refractivity contribution is 1.16.